The van der Waals surface area contributed by atoms with Crippen LogP contribution in [0.25, 0.3) is 5.14 Å². The second-order valence-electron chi connectivity index (χ2n) is 2.57. The summed E-state index contributed by atoms with van der Waals surface area (Å²) < 4.78 is 42.5. The molecule has 1 atom stereocenters. The third-order valence-electron chi connectivity index (χ3n) is 1.63. The standard InChI is InChI=1S/C4H8NO4S2/c5-11(8,9)4-1-2-10(6,7)3-4/h4H,1-3H2,(H-,5,8,9)/q-1/t4-/m1/s1. The van der Waals surface area contributed by atoms with Crippen molar-refractivity contribution in [2.45, 2.75) is 11.7 Å². The fourth-order valence-corrected chi connectivity index (χ4v) is 4.47. The summed E-state index contributed by atoms with van der Waals surface area (Å²) in [5, 5.41) is 5.62. The number of sulfonamides is 1. The highest BCUT2D eigenvalue weighted by Gasteiger charge is 2.31. The van der Waals surface area contributed by atoms with Gasteiger partial charge in [0.15, 0.2) is 9.84 Å². The lowest BCUT2D eigenvalue weighted by atomic mass is 10.4. The van der Waals surface area contributed by atoms with Gasteiger partial charge in [0, 0.05) is 0 Å². The van der Waals surface area contributed by atoms with Crippen LogP contribution in [0.2, 0.25) is 0 Å². The van der Waals surface area contributed by atoms with Gasteiger partial charge >= 0.3 is 0 Å². The SMILES string of the molecule is [NH-]S(=O)(=O)[C@@H]1CCS(=O)(=O)C1. The van der Waals surface area contributed by atoms with Gasteiger partial charge in [0.1, 0.15) is 0 Å². The number of nitrogens with one attached hydrogen (secondary N) is 1. The minimum atomic E-state index is -3.90. The highest BCUT2D eigenvalue weighted by molar-refractivity contribution is 7.97. The van der Waals surface area contributed by atoms with Gasteiger partial charge in [-0.25, -0.2) is 16.8 Å². The fourth-order valence-electron chi connectivity index (χ4n) is 1.01. The molecule has 1 aliphatic heterocycles. The third kappa shape index (κ3) is 2.14. The molecule has 66 valence electrons. The normalized spacial score (nSPS) is 30.5. The van der Waals surface area contributed by atoms with E-state index in [0.29, 0.717) is 0 Å². The van der Waals surface area contributed by atoms with E-state index >= 15 is 0 Å². The van der Waals surface area contributed by atoms with E-state index in [4.69, 9.17) is 5.14 Å². The van der Waals surface area contributed by atoms with Crippen molar-refractivity contribution in [3.63, 3.8) is 0 Å². The lowest BCUT2D eigenvalue weighted by molar-refractivity contribution is 0.590. The Bertz CT molecular complexity index is 340. The van der Waals surface area contributed by atoms with Gasteiger partial charge in [-0.3, -0.25) is 0 Å². The van der Waals surface area contributed by atoms with Crippen LogP contribution < -0.4 is 0 Å². The second kappa shape index (κ2) is 2.43. The van der Waals surface area contributed by atoms with Crippen molar-refractivity contribution in [1.29, 1.82) is 0 Å². The molecule has 7 heteroatoms. The van der Waals surface area contributed by atoms with Crippen molar-refractivity contribution >= 4 is 19.9 Å². The predicted octanol–water partition coefficient (Wildman–Crippen LogP) is -0.444. The summed E-state index contributed by atoms with van der Waals surface area (Å²) >= 11 is 0. The van der Waals surface area contributed by atoms with Crippen LogP contribution in [-0.4, -0.2) is 33.6 Å². The average molecular weight is 198 g/mol. The summed E-state index contributed by atoms with van der Waals surface area (Å²) in [7, 11) is -7.08. The van der Waals surface area contributed by atoms with E-state index in [0.717, 1.165) is 0 Å². The van der Waals surface area contributed by atoms with Crippen LogP contribution >= 0.6 is 0 Å². The highest BCUT2D eigenvalue weighted by Crippen LogP contribution is 2.19. The van der Waals surface area contributed by atoms with Crippen molar-refractivity contribution < 1.29 is 16.8 Å². The Morgan fingerprint density at radius 2 is 1.91 bits per heavy atom. The molecule has 1 heterocycles. The Balaban J connectivity index is 2.87. The molecule has 1 N–H and O–H groups in total. The predicted molar refractivity (Wildman–Crippen MR) is 40.3 cm³/mol. The summed E-state index contributed by atoms with van der Waals surface area (Å²) in [5.74, 6) is -0.478. The summed E-state index contributed by atoms with van der Waals surface area (Å²) in [6, 6.07) is 0. The van der Waals surface area contributed by atoms with Gasteiger partial charge in [-0.15, -0.1) is 0 Å². The van der Waals surface area contributed by atoms with Gasteiger partial charge in [0.25, 0.3) is 0 Å². The van der Waals surface area contributed by atoms with Crippen molar-refractivity contribution in [2.75, 3.05) is 11.5 Å². The first-order chi connectivity index (χ1) is 4.81. The van der Waals surface area contributed by atoms with Gasteiger partial charge in [-0.2, -0.15) is 0 Å². The molecule has 0 saturated carbocycles. The molecule has 0 radical (unpaired) electrons. The topological polar surface area (TPSA) is 92.1 Å². The van der Waals surface area contributed by atoms with Gasteiger partial charge < -0.3 is 5.14 Å². The van der Waals surface area contributed by atoms with Gasteiger partial charge in [0.05, 0.1) is 26.8 Å². The van der Waals surface area contributed by atoms with E-state index in [1.54, 1.807) is 0 Å². The first-order valence-corrected chi connectivity index (χ1v) is 6.37. The number of hydrogen-bond donors (Lipinski definition) is 0. The minimum Gasteiger partial charge on any atom is -0.564 e. The molecule has 5 nitrogen and oxygen atoms in total. The lowest BCUT2D eigenvalue weighted by Crippen LogP contribution is -2.18. The molecule has 1 fully saturated rings. The van der Waals surface area contributed by atoms with Gasteiger partial charge in [-0.05, 0) is 6.42 Å². The molecule has 1 saturated heterocycles. The zero-order chi connectivity index (χ0) is 8.70. The molecule has 0 aliphatic carbocycles. The number of hydrogen-bond acceptors (Lipinski definition) is 4. The van der Waals surface area contributed by atoms with Crippen LogP contribution in [-0.2, 0) is 19.9 Å². The highest BCUT2D eigenvalue weighted by atomic mass is 32.2. The largest absolute Gasteiger partial charge is 0.564 e. The smallest absolute Gasteiger partial charge is 0.151 e. The first kappa shape index (κ1) is 8.95. The molecule has 0 spiro atoms. The maximum absolute atomic E-state index is 10.7. The Hall–Kier alpha value is -0.140. The average Bonchev–Trinajstić information content (AvgIpc) is 2.07. The summed E-state index contributed by atoms with van der Waals surface area (Å²) in [5.41, 5.74) is 0. The van der Waals surface area contributed by atoms with Crippen molar-refractivity contribution in [3.05, 3.63) is 5.14 Å². The van der Waals surface area contributed by atoms with Crippen molar-refractivity contribution in [2.24, 2.45) is 0 Å². The molecule has 0 aromatic rings. The molecule has 0 aromatic carbocycles. The van der Waals surface area contributed by atoms with Crippen LogP contribution in [0.3, 0.4) is 0 Å². The van der Waals surface area contributed by atoms with Gasteiger partial charge in [-0.1, -0.05) is 0 Å². The molecule has 11 heavy (non-hydrogen) atoms. The summed E-state index contributed by atoms with van der Waals surface area (Å²) in [6.45, 7) is 0. The Labute approximate surface area is 65.6 Å². The van der Waals surface area contributed by atoms with E-state index in [1.807, 2.05) is 0 Å². The van der Waals surface area contributed by atoms with E-state index < -0.39 is 25.1 Å². The van der Waals surface area contributed by atoms with Crippen LogP contribution in [0.4, 0.5) is 0 Å². The van der Waals surface area contributed by atoms with Crippen molar-refractivity contribution in [1.82, 2.24) is 0 Å². The third-order valence-corrected chi connectivity index (χ3v) is 4.89. The fraction of sp³-hybridized carbons (Fsp3) is 1.00. The minimum absolute atomic E-state index is 0.0775. The van der Waals surface area contributed by atoms with E-state index in [2.05, 4.69) is 0 Å². The molecule has 1 aliphatic rings. The van der Waals surface area contributed by atoms with Crippen LogP contribution in [0.1, 0.15) is 6.42 Å². The zero-order valence-electron chi connectivity index (χ0n) is 5.65. The molecule has 0 bridgehead atoms. The van der Waals surface area contributed by atoms with Crippen LogP contribution in [0.5, 0.6) is 0 Å². The first-order valence-electron chi connectivity index (χ1n) is 3.00. The number of rotatable bonds is 1. The molecule has 0 unspecified atom stereocenters. The Morgan fingerprint density at radius 1 is 1.36 bits per heavy atom. The number of sulfone groups is 1. The molecular formula is C4H8NO4S2-. The molecule has 0 amide bonds. The van der Waals surface area contributed by atoms with Crippen LogP contribution in [0.15, 0.2) is 0 Å². The van der Waals surface area contributed by atoms with E-state index in [9.17, 15) is 16.8 Å². The maximum atomic E-state index is 10.7. The van der Waals surface area contributed by atoms with Crippen LogP contribution in [0, 0.1) is 0 Å². The lowest BCUT2D eigenvalue weighted by Gasteiger charge is -2.10. The zero-order valence-corrected chi connectivity index (χ0v) is 7.28. The summed E-state index contributed by atoms with van der Waals surface area (Å²) in [4.78, 5) is 0. The Kier molecular flexibility index (Phi) is 1.97. The van der Waals surface area contributed by atoms with E-state index in [1.165, 1.54) is 0 Å². The molecule has 0 aromatic heterocycles. The molecule has 1 rings (SSSR count). The van der Waals surface area contributed by atoms with E-state index in [-0.39, 0.29) is 17.9 Å². The van der Waals surface area contributed by atoms with Gasteiger partial charge in [0.2, 0.25) is 0 Å². The monoisotopic (exact) mass is 198 g/mol. The summed E-state index contributed by atoms with van der Waals surface area (Å²) in [6.07, 6.45) is 0.0775. The Morgan fingerprint density at radius 3 is 2.09 bits per heavy atom. The quantitative estimate of drug-likeness (QED) is 0.570. The molecular weight excluding hydrogens is 190 g/mol. The maximum Gasteiger partial charge on any atom is 0.151 e. The second-order valence-corrected chi connectivity index (χ2v) is 6.56. The van der Waals surface area contributed by atoms with Crippen molar-refractivity contribution in [3.8, 4) is 0 Å².